The van der Waals surface area contributed by atoms with E-state index in [1.54, 1.807) is 6.08 Å². The second-order valence-electron chi connectivity index (χ2n) is 5.72. The van der Waals surface area contributed by atoms with Gasteiger partial charge in [-0.2, -0.15) is 0 Å². The third-order valence-corrected chi connectivity index (χ3v) is 4.54. The molecule has 0 bridgehead atoms. The number of piperazine rings is 1. The molecule has 1 aliphatic heterocycles. The van der Waals surface area contributed by atoms with Gasteiger partial charge < -0.3 is 5.32 Å². The molecule has 1 aliphatic carbocycles. The van der Waals surface area contributed by atoms with E-state index in [1.165, 1.54) is 25.7 Å². The number of rotatable bonds is 5. The van der Waals surface area contributed by atoms with E-state index in [1.807, 2.05) is 6.92 Å². The quantitative estimate of drug-likeness (QED) is 0.760. The number of amides is 1. The van der Waals surface area contributed by atoms with Crippen LogP contribution < -0.4 is 5.32 Å². The van der Waals surface area contributed by atoms with Crippen molar-refractivity contribution in [1.29, 1.82) is 0 Å². The molecule has 2 fully saturated rings. The first-order chi connectivity index (χ1) is 9.22. The first-order valence-electron chi connectivity index (χ1n) is 7.59. The highest BCUT2D eigenvalue weighted by atomic mass is 16.2. The third kappa shape index (κ3) is 3.80. The monoisotopic (exact) mass is 265 g/mol. The number of hydrogen-bond donors (Lipinski definition) is 1. The van der Waals surface area contributed by atoms with Crippen molar-refractivity contribution in [1.82, 2.24) is 15.1 Å². The van der Waals surface area contributed by atoms with Crippen LogP contribution in [0.15, 0.2) is 12.7 Å². The lowest BCUT2D eigenvalue weighted by molar-refractivity contribution is -0.126. The van der Waals surface area contributed by atoms with E-state index in [0.29, 0.717) is 6.54 Å². The smallest absolute Gasteiger partial charge is 0.237 e. The molecule has 0 aromatic carbocycles. The Morgan fingerprint density at radius 2 is 1.95 bits per heavy atom. The van der Waals surface area contributed by atoms with Crippen molar-refractivity contribution in [3.05, 3.63) is 12.7 Å². The van der Waals surface area contributed by atoms with Gasteiger partial charge >= 0.3 is 0 Å². The lowest BCUT2D eigenvalue weighted by Gasteiger charge is -2.40. The number of nitrogens with one attached hydrogen (secondary N) is 1. The zero-order valence-corrected chi connectivity index (χ0v) is 12.1. The van der Waals surface area contributed by atoms with Gasteiger partial charge in [0.1, 0.15) is 0 Å². The summed E-state index contributed by atoms with van der Waals surface area (Å²) in [6.45, 7) is 10.4. The van der Waals surface area contributed by atoms with Crippen LogP contribution in [-0.2, 0) is 4.79 Å². The van der Waals surface area contributed by atoms with Gasteiger partial charge in [-0.3, -0.25) is 14.6 Å². The van der Waals surface area contributed by atoms with Crippen molar-refractivity contribution in [3.63, 3.8) is 0 Å². The zero-order chi connectivity index (χ0) is 13.7. The molecule has 1 saturated carbocycles. The van der Waals surface area contributed by atoms with Crippen LogP contribution in [0, 0.1) is 0 Å². The second kappa shape index (κ2) is 7.06. The van der Waals surface area contributed by atoms with Crippen LogP contribution in [0.4, 0.5) is 0 Å². The van der Waals surface area contributed by atoms with E-state index < -0.39 is 0 Å². The lowest BCUT2D eigenvalue weighted by atomic mass is 10.1. The van der Waals surface area contributed by atoms with Crippen molar-refractivity contribution in [3.8, 4) is 0 Å². The van der Waals surface area contributed by atoms with Crippen molar-refractivity contribution < 1.29 is 4.79 Å². The predicted octanol–water partition coefficient (Wildman–Crippen LogP) is 1.24. The minimum Gasteiger partial charge on any atom is -0.351 e. The van der Waals surface area contributed by atoms with Gasteiger partial charge in [-0.25, -0.2) is 0 Å². The summed E-state index contributed by atoms with van der Waals surface area (Å²) >= 11 is 0. The van der Waals surface area contributed by atoms with Crippen LogP contribution in [0.3, 0.4) is 0 Å². The zero-order valence-electron chi connectivity index (χ0n) is 12.1. The van der Waals surface area contributed by atoms with Crippen molar-refractivity contribution in [2.45, 2.75) is 44.7 Å². The first-order valence-corrected chi connectivity index (χ1v) is 7.59. The largest absolute Gasteiger partial charge is 0.351 e. The van der Waals surface area contributed by atoms with Crippen LogP contribution in [0.5, 0.6) is 0 Å². The van der Waals surface area contributed by atoms with E-state index in [4.69, 9.17) is 0 Å². The van der Waals surface area contributed by atoms with Crippen LogP contribution in [0.2, 0.25) is 0 Å². The Kier molecular flexibility index (Phi) is 5.40. The Morgan fingerprint density at radius 3 is 2.53 bits per heavy atom. The highest BCUT2D eigenvalue weighted by Gasteiger charge is 2.29. The number of carbonyl (C=O) groups excluding carboxylic acids is 1. The maximum atomic E-state index is 11.9. The van der Waals surface area contributed by atoms with E-state index in [-0.39, 0.29) is 11.9 Å². The Labute approximate surface area is 116 Å². The molecule has 2 aliphatic rings. The molecule has 19 heavy (non-hydrogen) atoms. The van der Waals surface area contributed by atoms with Crippen LogP contribution in [-0.4, -0.2) is 60.5 Å². The van der Waals surface area contributed by atoms with Gasteiger partial charge in [-0.15, -0.1) is 6.58 Å². The summed E-state index contributed by atoms with van der Waals surface area (Å²) < 4.78 is 0. The minimum atomic E-state index is -0.0225. The fourth-order valence-electron chi connectivity index (χ4n) is 3.25. The lowest BCUT2D eigenvalue weighted by Crippen LogP contribution is -2.55. The molecule has 1 atom stereocenters. The third-order valence-electron chi connectivity index (χ3n) is 4.54. The molecule has 0 aromatic rings. The SMILES string of the molecule is C=CCNC(=O)C(C)N1CCN(C2CCCC2)CC1. The summed E-state index contributed by atoms with van der Waals surface area (Å²) in [5.41, 5.74) is 0. The number of hydrogen-bond acceptors (Lipinski definition) is 3. The van der Waals surface area contributed by atoms with E-state index in [0.717, 1.165) is 32.2 Å². The molecule has 1 saturated heterocycles. The molecule has 1 heterocycles. The molecular weight excluding hydrogens is 238 g/mol. The second-order valence-corrected chi connectivity index (χ2v) is 5.72. The summed E-state index contributed by atoms with van der Waals surface area (Å²) in [5, 5.41) is 2.88. The van der Waals surface area contributed by atoms with Gasteiger partial charge in [0.05, 0.1) is 6.04 Å². The van der Waals surface area contributed by atoms with Gasteiger partial charge in [0.15, 0.2) is 0 Å². The highest BCUT2D eigenvalue weighted by molar-refractivity contribution is 5.81. The fourth-order valence-corrected chi connectivity index (χ4v) is 3.25. The van der Waals surface area contributed by atoms with Gasteiger partial charge in [0.25, 0.3) is 0 Å². The standard InChI is InChI=1S/C15H27N3O/c1-3-8-16-15(19)13(2)17-9-11-18(12-10-17)14-6-4-5-7-14/h3,13-14H,1,4-12H2,2H3,(H,16,19). The molecule has 1 amide bonds. The molecule has 0 aromatic heterocycles. The Hall–Kier alpha value is -0.870. The summed E-state index contributed by atoms with van der Waals surface area (Å²) in [5.74, 6) is 0.120. The van der Waals surface area contributed by atoms with Crippen molar-refractivity contribution in [2.75, 3.05) is 32.7 Å². The molecule has 1 unspecified atom stereocenters. The topological polar surface area (TPSA) is 35.6 Å². The average Bonchev–Trinajstić information content (AvgIpc) is 2.98. The molecular formula is C15H27N3O. The average molecular weight is 265 g/mol. The van der Waals surface area contributed by atoms with Crippen LogP contribution >= 0.6 is 0 Å². The van der Waals surface area contributed by atoms with Gasteiger partial charge in [0, 0.05) is 38.8 Å². The molecule has 2 rings (SSSR count). The Balaban J connectivity index is 1.75. The molecule has 108 valence electrons. The van der Waals surface area contributed by atoms with Crippen molar-refractivity contribution >= 4 is 5.91 Å². The van der Waals surface area contributed by atoms with E-state index >= 15 is 0 Å². The Bertz CT molecular complexity index is 305. The van der Waals surface area contributed by atoms with Gasteiger partial charge in [-0.1, -0.05) is 18.9 Å². The molecule has 1 N–H and O–H groups in total. The summed E-state index contributed by atoms with van der Waals surface area (Å²) in [6.07, 6.45) is 7.25. The van der Waals surface area contributed by atoms with Gasteiger partial charge in [0.2, 0.25) is 5.91 Å². The minimum absolute atomic E-state index is 0.0225. The molecule has 0 spiro atoms. The highest BCUT2D eigenvalue weighted by Crippen LogP contribution is 2.24. The van der Waals surface area contributed by atoms with Crippen LogP contribution in [0.1, 0.15) is 32.6 Å². The van der Waals surface area contributed by atoms with Crippen molar-refractivity contribution in [2.24, 2.45) is 0 Å². The maximum absolute atomic E-state index is 11.9. The summed E-state index contributed by atoms with van der Waals surface area (Å²) in [7, 11) is 0. The number of nitrogens with zero attached hydrogens (tertiary/aromatic N) is 2. The summed E-state index contributed by atoms with van der Waals surface area (Å²) in [4.78, 5) is 16.8. The maximum Gasteiger partial charge on any atom is 0.237 e. The predicted molar refractivity (Wildman–Crippen MR) is 78.1 cm³/mol. The fraction of sp³-hybridized carbons (Fsp3) is 0.800. The Morgan fingerprint density at radius 1 is 1.32 bits per heavy atom. The van der Waals surface area contributed by atoms with E-state index in [9.17, 15) is 4.79 Å². The number of carbonyl (C=O) groups is 1. The molecule has 0 radical (unpaired) electrons. The van der Waals surface area contributed by atoms with E-state index in [2.05, 4.69) is 21.7 Å². The molecule has 4 heteroatoms. The van der Waals surface area contributed by atoms with Gasteiger partial charge in [-0.05, 0) is 19.8 Å². The van der Waals surface area contributed by atoms with Crippen LogP contribution in [0.25, 0.3) is 0 Å². The molecule has 4 nitrogen and oxygen atoms in total. The first kappa shape index (κ1) is 14.5. The normalized spacial score (nSPS) is 24.3. The summed E-state index contributed by atoms with van der Waals surface area (Å²) in [6, 6.07) is 0.790.